The van der Waals surface area contributed by atoms with Crippen molar-refractivity contribution >= 4 is 17.9 Å². The number of esters is 3. The molecule has 0 saturated heterocycles. The number of carbonyl (C=O) groups is 3. The molecule has 0 aliphatic carbocycles. The molecule has 80 heavy (non-hydrogen) atoms. The second-order valence-electron chi connectivity index (χ2n) is 20.9. The molecule has 0 N–H and O–H groups in total. The molecule has 0 radical (unpaired) electrons. The fourth-order valence-corrected chi connectivity index (χ4v) is 8.38. The van der Waals surface area contributed by atoms with Gasteiger partial charge in [0.15, 0.2) is 6.10 Å². The highest BCUT2D eigenvalue weighted by molar-refractivity contribution is 5.71. The Morgan fingerprint density at radius 1 is 0.263 bits per heavy atom. The van der Waals surface area contributed by atoms with Gasteiger partial charge in [0.2, 0.25) is 0 Å². The van der Waals surface area contributed by atoms with E-state index in [4.69, 9.17) is 14.2 Å². The van der Waals surface area contributed by atoms with Crippen LogP contribution in [0, 0.1) is 0 Å². The fourth-order valence-electron chi connectivity index (χ4n) is 8.38. The van der Waals surface area contributed by atoms with E-state index in [9.17, 15) is 14.4 Å². The molecule has 0 aromatic rings. The van der Waals surface area contributed by atoms with Gasteiger partial charge in [-0.1, -0.05) is 262 Å². The average Bonchev–Trinajstić information content (AvgIpc) is 3.46. The normalized spacial score (nSPS) is 13.2. The van der Waals surface area contributed by atoms with Gasteiger partial charge in [-0.05, 0) is 148 Å². The van der Waals surface area contributed by atoms with E-state index in [-0.39, 0.29) is 31.1 Å². The van der Waals surface area contributed by atoms with Crippen LogP contribution in [0.4, 0.5) is 0 Å². The zero-order chi connectivity index (χ0) is 57.8. The lowest BCUT2D eigenvalue weighted by atomic mass is 10.1. The first-order chi connectivity index (χ1) is 39.5. The van der Waals surface area contributed by atoms with E-state index in [1.807, 2.05) is 0 Å². The quantitative estimate of drug-likeness (QED) is 0.0261. The van der Waals surface area contributed by atoms with E-state index in [1.54, 1.807) is 0 Å². The first kappa shape index (κ1) is 75.0. The molecule has 0 bridgehead atoms. The lowest BCUT2D eigenvalue weighted by Crippen LogP contribution is -2.30. The third kappa shape index (κ3) is 63.9. The summed E-state index contributed by atoms with van der Waals surface area (Å²) >= 11 is 0. The van der Waals surface area contributed by atoms with Crippen LogP contribution in [0.1, 0.15) is 271 Å². The van der Waals surface area contributed by atoms with Gasteiger partial charge in [-0.15, -0.1) is 0 Å². The minimum atomic E-state index is -0.814. The summed E-state index contributed by atoms with van der Waals surface area (Å²) in [7, 11) is 0. The van der Waals surface area contributed by atoms with Gasteiger partial charge in [-0.2, -0.15) is 0 Å². The highest BCUT2D eigenvalue weighted by atomic mass is 16.6. The maximum Gasteiger partial charge on any atom is 0.306 e. The Balaban J connectivity index is 4.40. The molecule has 1 atom stereocenters. The van der Waals surface area contributed by atoms with Crippen molar-refractivity contribution in [3.8, 4) is 0 Å². The standard InChI is InChI=1S/C74H118O6/c1-4-7-10-13-16-19-22-25-27-29-30-31-32-33-34-35-36-37-38-39-40-41-42-43-44-45-47-49-52-55-58-61-64-67-73(76)79-70-71(69-78-72(75)66-63-60-57-54-51-48-24-21-18-15-12-9-6-3)80-74(77)68-65-62-59-56-53-50-46-28-26-23-20-17-14-11-8-5-2/h7,10,12,15-16,19,21,24-25,27-28,30-31,33-34,36-37,39-40,42-43,45-47,52,55,71H,4-6,8-9,11,13-14,17-18,20,22-23,26,29,32,35,38,41,44,48-51,53-54,56-70H2,1-3H3/b10-7-,15-12-,19-16-,24-21-,27-25-,31-30-,34-33-,37-36-,40-39-,43-42-,46-28-,47-45-,55-52-. The lowest BCUT2D eigenvalue weighted by molar-refractivity contribution is -0.167. The molecule has 0 heterocycles. The van der Waals surface area contributed by atoms with Crippen molar-refractivity contribution in [3.05, 3.63) is 158 Å². The van der Waals surface area contributed by atoms with Gasteiger partial charge in [0.25, 0.3) is 0 Å². The summed E-state index contributed by atoms with van der Waals surface area (Å²) in [6.07, 6.45) is 96.8. The van der Waals surface area contributed by atoms with Crippen molar-refractivity contribution in [2.45, 2.75) is 277 Å². The molecule has 0 amide bonds. The number of carbonyl (C=O) groups excluding carboxylic acids is 3. The van der Waals surface area contributed by atoms with Crippen LogP contribution < -0.4 is 0 Å². The molecule has 1 unspecified atom stereocenters. The largest absolute Gasteiger partial charge is 0.462 e. The lowest BCUT2D eigenvalue weighted by Gasteiger charge is -2.18. The Morgan fingerprint density at radius 3 is 0.850 bits per heavy atom. The topological polar surface area (TPSA) is 78.9 Å². The molecule has 0 rings (SSSR count). The minimum absolute atomic E-state index is 0.108. The van der Waals surface area contributed by atoms with Crippen LogP contribution >= 0.6 is 0 Å². The van der Waals surface area contributed by atoms with Crippen molar-refractivity contribution in [1.82, 2.24) is 0 Å². The Hall–Kier alpha value is -4.97. The maximum atomic E-state index is 12.9. The highest BCUT2D eigenvalue weighted by Gasteiger charge is 2.19. The smallest absolute Gasteiger partial charge is 0.306 e. The summed E-state index contributed by atoms with van der Waals surface area (Å²) in [4.78, 5) is 38.2. The Labute approximate surface area is 492 Å². The van der Waals surface area contributed by atoms with E-state index in [2.05, 4.69) is 179 Å². The molecule has 0 saturated carbocycles. The van der Waals surface area contributed by atoms with Crippen LogP contribution in [-0.4, -0.2) is 37.2 Å². The molecule has 0 fully saturated rings. The SMILES string of the molecule is CC/C=C\C/C=C\C/C=C\C/C=C\C/C=C\C/C=C\C/C=C\C/C=C\C/C=C\C/C=C\CCCCC(=O)OCC(COC(=O)CCCCCCC/C=C\C/C=C\CCC)OC(=O)CCCCCCC/C=C\CCCCCCCCC. The third-order valence-electron chi connectivity index (χ3n) is 13.2. The van der Waals surface area contributed by atoms with Crippen LogP contribution in [0.25, 0.3) is 0 Å². The summed E-state index contributed by atoms with van der Waals surface area (Å²) in [6, 6.07) is 0. The molecule has 0 aliphatic rings. The zero-order valence-electron chi connectivity index (χ0n) is 51.5. The molecule has 6 nitrogen and oxygen atoms in total. The first-order valence-electron chi connectivity index (χ1n) is 32.5. The average molecular weight is 1100 g/mol. The monoisotopic (exact) mass is 1100 g/mol. The molecule has 6 heteroatoms. The summed E-state index contributed by atoms with van der Waals surface area (Å²) in [5, 5.41) is 0. The molecule has 0 aromatic carbocycles. The third-order valence-corrected chi connectivity index (χ3v) is 13.2. The molecule has 0 aromatic heterocycles. The predicted octanol–water partition coefficient (Wildman–Crippen LogP) is 22.5. The van der Waals surface area contributed by atoms with E-state index in [0.29, 0.717) is 25.7 Å². The van der Waals surface area contributed by atoms with Gasteiger partial charge in [-0.25, -0.2) is 0 Å². The van der Waals surface area contributed by atoms with Crippen molar-refractivity contribution in [1.29, 1.82) is 0 Å². The second kappa shape index (κ2) is 66.5. The number of hydrogen-bond acceptors (Lipinski definition) is 6. The predicted molar refractivity (Wildman–Crippen MR) is 348 cm³/mol. The molecular formula is C74H118O6. The van der Waals surface area contributed by atoms with Gasteiger partial charge >= 0.3 is 17.9 Å². The van der Waals surface area contributed by atoms with Gasteiger partial charge in [0, 0.05) is 19.3 Å². The van der Waals surface area contributed by atoms with Crippen LogP contribution in [0.5, 0.6) is 0 Å². The van der Waals surface area contributed by atoms with Gasteiger partial charge < -0.3 is 14.2 Å². The number of unbranched alkanes of at least 4 members (excludes halogenated alkanes) is 20. The van der Waals surface area contributed by atoms with Crippen LogP contribution in [0.15, 0.2) is 158 Å². The minimum Gasteiger partial charge on any atom is -0.462 e. The Morgan fingerprint density at radius 2 is 0.512 bits per heavy atom. The van der Waals surface area contributed by atoms with Gasteiger partial charge in [0.05, 0.1) is 0 Å². The Bertz CT molecular complexity index is 1790. The summed E-state index contributed by atoms with van der Waals surface area (Å²) < 4.78 is 16.8. The van der Waals surface area contributed by atoms with Crippen molar-refractivity contribution in [2.75, 3.05) is 13.2 Å². The molecule has 0 aliphatic heterocycles. The number of hydrogen-bond donors (Lipinski definition) is 0. The number of allylic oxidation sites excluding steroid dienone is 26. The summed E-state index contributed by atoms with van der Waals surface area (Å²) in [5.74, 6) is -0.978. The second-order valence-corrected chi connectivity index (χ2v) is 20.9. The van der Waals surface area contributed by atoms with E-state index in [1.165, 1.54) is 64.2 Å². The first-order valence-corrected chi connectivity index (χ1v) is 32.5. The molecular weight excluding hydrogens is 985 g/mol. The van der Waals surface area contributed by atoms with E-state index in [0.717, 1.165) is 161 Å². The zero-order valence-corrected chi connectivity index (χ0v) is 51.5. The number of ether oxygens (including phenoxy) is 3. The van der Waals surface area contributed by atoms with Crippen molar-refractivity contribution < 1.29 is 28.6 Å². The van der Waals surface area contributed by atoms with Crippen LogP contribution in [-0.2, 0) is 28.6 Å². The molecule has 0 spiro atoms. The van der Waals surface area contributed by atoms with Crippen molar-refractivity contribution in [3.63, 3.8) is 0 Å². The van der Waals surface area contributed by atoms with Gasteiger partial charge in [0.1, 0.15) is 13.2 Å². The van der Waals surface area contributed by atoms with Gasteiger partial charge in [-0.3, -0.25) is 14.4 Å². The van der Waals surface area contributed by atoms with Crippen molar-refractivity contribution in [2.24, 2.45) is 0 Å². The molecule has 450 valence electrons. The van der Waals surface area contributed by atoms with E-state index >= 15 is 0 Å². The van der Waals surface area contributed by atoms with Crippen LogP contribution in [0.2, 0.25) is 0 Å². The van der Waals surface area contributed by atoms with E-state index < -0.39 is 6.10 Å². The maximum absolute atomic E-state index is 12.9. The number of rotatable bonds is 57. The summed E-state index contributed by atoms with van der Waals surface area (Å²) in [5.41, 5.74) is 0. The van der Waals surface area contributed by atoms with Crippen LogP contribution in [0.3, 0.4) is 0 Å². The summed E-state index contributed by atoms with van der Waals surface area (Å²) in [6.45, 7) is 6.40. The highest BCUT2D eigenvalue weighted by Crippen LogP contribution is 2.14. The fraction of sp³-hybridized carbons (Fsp3) is 0.608. The Kier molecular flexibility index (Phi) is 62.4.